The molecule has 1 aromatic carbocycles. The van der Waals surface area contributed by atoms with Crippen LogP contribution in [0.25, 0.3) is 0 Å². The molecule has 1 amide bonds. The molecule has 0 N–H and O–H groups in total. The molecule has 5 nitrogen and oxygen atoms in total. The molecule has 2 saturated heterocycles. The summed E-state index contributed by atoms with van der Waals surface area (Å²) in [5.74, 6) is 0.444. The van der Waals surface area contributed by atoms with Crippen molar-refractivity contribution in [2.45, 2.75) is 25.8 Å². The fourth-order valence-electron chi connectivity index (χ4n) is 4.11. The summed E-state index contributed by atoms with van der Waals surface area (Å²) in [5.41, 5.74) is 2.34. The van der Waals surface area contributed by atoms with Crippen LogP contribution in [0, 0.1) is 6.92 Å². The van der Waals surface area contributed by atoms with Gasteiger partial charge in [0.2, 0.25) is 0 Å². The van der Waals surface area contributed by atoms with E-state index in [4.69, 9.17) is 16.0 Å². The molecular weight excluding hydrogens is 362 g/mol. The van der Waals surface area contributed by atoms with E-state index in [1.165, 1.54) is 5.69 Å². The number of halogens is 1. The zero-order valence-corrected chi connectivity index (χ0v) is 16.5. The van der Waals surface area contributed by atoms with Crippen LogP contribution in [-0.2, 0) is 0 Å². The van der Waals surface area contributed by atoms with Crippen molar-refractivity contribution in [2.75, 3.05) is 44.2 Å². The Morgan fingerprint density at radius 1 is 1.07 bits per heavy atom. The van der Waals surface area contributed by atoms with Crippen LogP contribution < -0.4 is 4.90 Å². The maximum absolute atomic E-state index is 12.4. The van der Waals surface area contributed by atoms with E-state index in [0.29, 0.717) is 11.8 Å². The largest absolute Gasteiger partial charge is 0.459 e. The smallest absolute Gasteiger partial charge is 0.289 e. The predicted molar refractivity (Wildman–Crippen MR) is 108 cm³/mol. The summed E-state index contributed by atoms with van der Waals surface area (Å²) in [6.07, 6.45) is 3.85. The number of anilines is 1. The number of amides is 1. The third kappa shape index (κ3) is 3.99. The Labute approximate surface area is 165 Å². The minimum absolute atomic E-state index is 0.00530. The lowest BCUT2D eigenvalue weighted by Gasteiger charge is -2.43. The van der Waals surface area contributed by atoms with Gasteiger partial charge >= 0.3 is 0 Å². The molecule has 27 heavy (non-hydrogen) atoms. The minimum atomic E-state index is 0.00530. The first-order chi connectivity index (χ1) is 13.1. The maximum atomic E-state index is 12.4. The Kier molecular flexibility index (Phi) is 5.41. The molecule has 0 radical (unpaired) electrons. The molecule has 0 unspecified atom stereocenters. The molecule has 0 bridgehead atoms. The highest BCUT2D eigenvalue weighted by atomic mass is 35.5. The normalized spacial score (nSPS) is 19.5. The summed E-state index contributed by atoms with van der Waals surface area (Å²) in [7, 11) is 0. The number of rotatable bonds is 3. The molecule has 0 saturated carbocycles. The van der Waals surface area contributed by atoms with Crippen LogP contribution in [0.5, 0.6) is 0 Å². The molecule has 3 heterocycles. The van der Waals surface area contributed by atoms with Gasteiger partial charge in [-0.2, -0.15) is 0 Å². The van der Waals surface area contributed by atoms with Crippen LogP contribution in [-0.4, -0.2) is 61.0 Å². The van der Waals surface area contributed by atoms with Crippen molar-refractivity contribution in [3.05, 3.63) is 52.9 Å². The van der Waals surface area contributed by atoms with Crippen molar-refractivity contribution in [1.82, 2.24) is 9.80 Å². The summed E-state index contributed by atoms with van der Waals surface area (Å²) < 4.78 is 5.24. The van der Waals surface area contributed by atoms with Crippen molar-refractivity contribution in [3.8, 4) is 0 Å². The predicted octanol–water partition coefficient (Wildman–Crippen LogP) is 3.67. The van der Waals surface area contributed by atoms with Gasteiger partial charge in [-0.3, -0.25) is 9.69 Å². The van der Waals surface area contributed by atoms with Crippen LogP contribution in [0.15, 0.2) is 41.0 Å². The van der Waals surface area contributed by atoms with E-state index in [1.807, 2.05) is 11.8 Å². The number of hydrogen-bond acceptors (Lipinski definition) is 4. The molecule has 0 aliphatic carbocycles. The Hall–Kier alpha value is -1.98. The van der Waals surface area contributed by atoms with Gasteiger partial charge in [0, 0.05) is 56.0 Å². The van der Waals surface area contributed by atoms with Crippen LogP contribution in [0.3, 0.4) is 0 Å². The Balaban J connectivity index is 1.28. The fraction of sp³-hybridized carbons (Fsp3) is 0.476. The molecule has 1 aromatic heterocycles. The average molecular weight is 388 g/mol. The molecule has 144 valence electrons. The number of benzene rings is 1. The van der Waals surface area contributed by atoms with E-state index in [2.05, 4.69) is 28.0 Å². The third-order valence-electron chi connectivity index (χ3n) is 5.83. The van der Waals surface area contributed by atoms with Gasteiger partial charge < -0.3 is 14.2 Å². The van der Waals surface area contributed by atoms with Gasteiger partial charge in [-0.05, 0) is 49.6 Å². The zero-order valence-electron chi connectivity index (χ0n) is 15.7. The molecule has 0 atom stereocenters. The lowest BCUT2D eigenvalue weighted by atomic mass is 10.0. The molecule has 2 aliphatic rings. The molecule has 2 aliphatic heterocycles. The monoisotopic (exact) mass is 387 g/mol. The van der Waals surface area contributed by atoms with Gasteiger partial charge in [0.15, 0.2) is 5.76 Å². The zero-order chi connectivity index (χ0) is 18.8. The van der Waals surface area contributed by atoms with E-state index in [0.717, 1.165) is 62.7 Å². The van der Waals surface area contributed by atoms with Gasteiger partial charge in [-0.15, -0.1) is 0 Å². The van der Waals surface area contributed by atoms with Crippen LogP contribution in [0.2, 0.25) is 5.02 Å². The van der Waals surface area contributed by atoms with Crippen molar-refractivity contribution < 1.29 is 9.21 Å². The molecule has 2 fully saturated rings. The van der Waals surface area contributed by atoms with Gasteiger partial charge in [0.1, 0.15) is 0 Å². The number of piperazine rings is 1. The first-order valence-electron chi connectivity index (χ1n) is 9.70. The molecular formula is C21H26ClN3O2. The van der Waals surface area contributed by atoms with Gasteiger partial charge in [-0.25, -0.2) is 0 Å². The standard InChI is InChI=1S/C21H26ClN3O2/c1-16-4-5-18(15-19(16)22)23-8-6-17(7-9-23)24-10-12-25(13-11-24)21(26)20-3-2-14-27-20/h2-5,14-15,17H,6-13H2,1H3. The fourth-order valence-corrected chi connectivity index (χ4v) is 4.29. The second kappa shape index (κ2) is 7.95. The van der Waals surface area contributed by atoms with Crippen molar-refractivity contribution >= 4 is 23.2 Å². The van der Waals surface area contributed by atoms with Crippen LogP contribution in [0.4, 0.5) is 5.69 Å². The van der Waals surface area contributed by atoms with E-state index in [1.54, 1.807) is 18.4 Å². The number of carbonyl (C=O) groups excluding carboxylic acids is 1. The molecule has 6 heteroatoms. The summed E-state index contributed by atoms with van der Waals surface area (Å²) in [6.45, 7) is 7.56. The highest BCUT2D eigenvalue weighted by Crippen LogP contribution is 2.27. The average Bonchev–Trinajstić information content (AvgIpc) is 3.25. The SMILES string of the molecule is Cc1ccc(N2CCC(N3CCN(C(=O)c4ccco4)CC3)CC2)cc1Cl. The number of aryl methyl sites for hydroxylation is 1. The van der Waals surface area contributed by atoms with Crippen LogP contribution in [0.1, 0.15) is 29.0 Å². The lowest BCUT2D eigenvalue weighted by molar-refractivity contribution is 0.0514. The summed E-state index contributed by atoms with van der Waals surface area (Å²) in [5, 5.41) is 0.840. The Morgan fingerprint density at radius 3 is 2.44 bits per heavy atom. The summed E-state index contributed by atoms with van der Waals surface area (Å²) in [6, 6.07) is 10.4. The number of furan rings is 1. The second-order valence-electron chi connectivity index (χ2n) is 7.46. The van der Waals surface area contributed by atoms with Crippen molar-refractivity contribution in [1.29, 1.82) is 0 Å². The maximum Gasteiger partial charge on any atom is 0.289 e. The quantitative estimate of drug-likeness (QED) is 0.805. The number of nitrogens with zero attached hydrogens (tertiary/aromatic N) is 3. The van der Waals surface area contributed by atoms with E-state index >= 15 is 0 Å². The number of carbonyl (C=O) groups is 1. The highest BCUT2D eigenvalue weighted by Gasteiger charge is 2.29. The topological polar surface area (TPSA) is 39.9 Å². The highest BCUT2D eigenvalue weighted by molar-refractivity contribution is 6.31. The first-order valence-corrected chi connectivity index (χ1v) is 10.1. The van der Waals surface area contributed by atoms with E-state index in [9.17, 15) is 4.79 Å². The van der Waals surface area contributed by atoms with E-state index in [-0.39, 0.29) is 5.91 Å². The molecule has 0 spiro atoms. The van der Waals surface area contributed by atoms with Gasteiger partial charge in [0.05, 0.1) is 6.26 Å². The number of piperidine rings is 1. The van der Waals surface area contributed by atoms with Gasteiger partial charge in [0.25, 0.3) is 5.91 Å². The van der Waals surface area contributed by atoms with E-state index < -0.39 is 0 Å². The lowest BCUT2D eigenvalue weighted by Crippen LogP contribution is -2.54. The summed E-state index contributed by atoms with van der Waals surface area (Å²) >= 11 is 6.29. The number of hydrogen-bond donors (Lipinski definition) is 0. The second-order valence-corrected chi connectivity index (χ2v) is 7.86. The Bertz CT molecular complexity index is 777. The van der Waals surface area contributed by atoms with Gasteiger partial charge in [-0.1, -0.05) is 17.7 Å². The summed E-state index contributed by atoms with van der Waals surface area (Å²) in [4.78, 5) is 19.3. The third-order valence-corrected chi connectivity index (χ3v) is 6.24. The molecule has 4 rings (SSSR count). The van der Waals surface area contributed by atoms with Crippen molar-refractivity contribution in [3.63, 3.8) is 0 Å². The minimum Gasteiger partial charge on any atom is -0.459 e. The van der Waals surface area contributed by atoms with Crippen molar-refractivity contribution in [2.24, 2.45) is 0 Å². The molecule has 2 aromatic rings. The Morgan fingerprint density at radius 2 is 1.81 bits per heavy atom. The van der Waals surface area contributed by atoms with Crippen LogP contribution >= 0.6 is 11.6 Å². The first kappa shape index (κ1) is 18.4.